The number of hydrogen-bond acceptors (Lipinski definition) is 4. The molecule has 0 bridgehead atoms. The lowest BCUT2D eigenvalue weighted by Gasteiger charge is -2.08. The maximum absolute atomic E-state index is 5.85. The van der Waals surface area contributed by atoms with Crippen molar-refractivity contribution in [3.8, 4) is 11.1 Å². The van der Waals surface area contributed by atoms with E-state index in [0.717, 1.165) is 38.8 Å². The van der Waals surface area contributed by atoms with Gasteiger partial charge in [0.2, 0.25) is 0 Å². The molecule has 0 aliphatic rings. The molecule has 0 saturated heterocycles. The molecule has 3 aromatic heterocycles. The van der Waals surface area contributed by atoms with E-state index in [1.807, 2.05) is 13.1 Å². The van der Waals surface area contributed by atoms with Crippen LogP contribution in [0.4, 0.5) is 5.82 Å². The molecule has 3 N–H and O–H groups in total. The summed E-state index contributed by atoms with van der Waals surface area (Å²) in [6, 6.07) is 6.26. The Bertz CT molecular complexity index is 979. The first kappa shape index (κ1) is 11.9. The second-order valence-electron chi connectivity index (χ2n) is 5.26. The second-order valence-corrected chi connectivity index (χ2v) is 5.26. The van der Waals surface area contributed by atoms with Crippen molar-refractivity contribution in [1.82, 2.24) is 24.8 Å². The number of nitrogens with one attached hydrogen (secondary N) is 1. The van der Waals surface area contributed by atoms with E-state index >= 15 is 0 Å². The molecule has 0 atom stereocenters. The molecule has 6 heteroatoms. The van der Waals surface area contributed by atoms with E-state index in [-0.39, 0.29) is 0 Å². The molecule has 104 valence electrons. The number of aromatic nitrogens is 5. The van der Waals surface area contributed by atoms with Gasteiger partial charge in [0.25, 0.3) is 0 Å². The number of fused-ring (bicyclic) bond motifs is 2. The summed E-state index contributed by atoms with van der Waals surface area (Å²) in [5.74, 6) is 0.530. The average Bonchev–Trinajstić information content (AvgIpc) is 3.06. The van der Waals surface area contributed by atoms with Crippen LogP contribution in [0.2, 0.25) is 0 Å². The Morgan fingerprint density at radius 2 is 2.00 bits per heavy atom. The highest BCUT2D eigenvalue weighted by Gasteiger charge is 2.10. The van der Waals surface area contributed by atoms with Gasteiger partial charge in [-0.05, 0) is 48.7 Å². The summed E-state index contributed by atoms with van der Waals surface area (Å²) in [5.41, 5.74) is 12.1. The third kappa shape index (κ3) is 1.69. The van der Waals surface area contributed by atoms with Gasteiger partial charge in [-0.2, -0.15) is 10.2 Å². The number of hydrogen-bond donors (Lipinski definition) is 2. The maximum Gasteiger partial charge on any atom is 0.158 e. The van der Waals surface area contributed by atoms with E-state index in [9.17, 15) is 0 Å². The minimum absolute atomic E-state index is 0.530. The summed E-state index contributed by atoms with van der Waals surface area (Å²) in [4.78, 5) is 4.25. The van der Waals surface area contributed by atoms with E-state index in [2.05, 4.69) is 45.4 Å². The largest absolute Gasteiger partial charge is 0.382 e. The smallest absolute Gasteiger partial charge is 0.158 e. The molecule has 0 radical (unpaired) electrons. The molecule has 0 aliphatic heterocycles. The fraction of sp³-hybridized carbons (Fsp3) is 0.133. The number of aryl methyl sites for hydroxylation is 2. The summed E-state index contributed by atoms with van der Waals surface area (Å²) in [6.45, 7) is 4.11. The van der Waals surface area contributed by atoms with Crippen molar-refractivity contribution in [1.29, 1.82) is 0 Å². The standard InChI is InChI=1S/C15H14N6/c1-8-4-12-13(19-20-14(12)16)5-11(8)10-3-9(2)15-17-7-18-21(15)6-10/h3-7H,1-2H3,(H3,16,19,20). The number of nitrogens with zero attached hydrogens (tertiary/aromatic N) is 4. The molecule has 0 unspecified atom stereocenters. The van der Waals surface area contributed by atoms with Crippen molar-refractivity contribution in [2.24, 2.45) is 0 Å². The van der Waals surface area contributed by atoms with Gasteiger partial charge < -0.3 is 5.73 Å². The third-order valence-electron chi connectivity index (χ3n) is 3.81. The Kier molecular flexibility index (Phi) is 2.29. The molecular weight excluding hydrogens is 264 g/mol. The molecule has 0 aliphatic carbocycles. The van der Waals surface area contributed by atoms with Crippen molar-refractivity contribution in [3.63, 3.8) is 0 Å². The third-order valence-corrected chi connectivity index (χ3v) is 3.81. The number of rotatable bonds is 1. The zero-order chi connectivity index (χ0) is 14.6. The van der Waals surface area contributed by atoms with Gasteiger partial charge in [-0.1, -0.05) is 0 Å². The minimum Gasteiger partial charge on any atom is -0.382 e. The van der Waals surface area contributed by atoms with Crippen LogP contribution in [0.25, 0.3) is 27.7 Å². The number of anilines is 1. The number of nitrogens with two attached hydrogens (primary N) is 1. The summed E-state index contributed by atoms with van der Waals surface area (Å²) in [7, 11) is 0. The van der Waals surface area contributed by atoms with Crippen molar-refractivity contribution in [3.05, 3.63) is 41.9 Å². The van der Waals surface area contributed by atoms with E-state index in [4.69, 9.17) is 5.73 Å². The highest BCUT2D eigenvalue weighted by atomic mass is 15.3. The topological polar surface area (TPSA) is 84.9 Å². The van der Waals surface area contributed by atoms with E-state index in [0.29, 0.717) is 5.82 Å². The highest BCUT2D eigenvalue weighted by Crippen LogP contribution is 2.30. The Morgan fingerprint density at radius 1 is 1.14 bits per heavy atom. The second kappa shape index (κ2) is 4.05. The van der Waals surface area contributed by atoms with Crippen LogP contribution in [0.15, 0.2) is 30.7 Å². The first-order valence-corrected chi connectivity index (χ1v) is 6.68. The van der Waals surface area contributed by atoms with E-state index in [1.54, 1.807) is 10.8 Å². The van der Waals surface area contributed by atoms with Crippen LogP contribution in [0, 0.1) is 13.8 Å². The number of benzene rings is 1. The van der Waals surface area contributed by atoms with E-state index < -0.39 is 0 Å². The molecule has 4 rings (SSSR count). The molecule has 0 amide bonds. The van der Waals surface area contributed by atoms with Gasteiger partial charge in [0.1, 0.15) is 6.33 Å². The molecule has 0 spiro atoms. The molecule has 0 saturated carbocycles. The van der Waals surface area contributed by atoms with Gasteiger partial charge in [-0.3, -0.25) is 5.10 Å². The fourth-order valence-corrected chi connectivity index (χ4v) is 2.75. The van der Waals surface area contributed by atoms with Gasteiger partial charge in [0.15, 0.2) is 11.5 Å². The summed E-state index contributed by atoms with van der Waals surface area (Å²) < 4.78 is 1.80. The van der Waals surface area contributed by atoms with Gasteiger partial charge >= 0.3 is 0 Å². The highest BCUT2D eigenvalue weighted by molar-refractivity contribution is 5.93. The molecule has 0 fully saturated rings. The van der Waals surface area contributed by atoms with Crippen molar-refractivity contribution < 1.29 is 0 Å². The number of H-pyrrole nitrogens is 1. The lowest BCUT2D eigenvalue weighted by molar-refractivity contribution is 0.957. The zero-order valence-electron chi connectivity index (χ0n) is 11.8. The predicted octanol–water partition coefficient (Wildman–Crippen LogP) is 2.47. The Hall–Kier alpha value is -2.89. The predicted molar refractivity (Wildman–Crippen MR) is 82.0 cm³/mol. The number of pyridine rings is 1. The van der Waals surface area contributed by atoms with Crippen molar-refractivity contribution >= 4 is 22.4 Å². The Balaban J connectivity index is 2.00. The first-order chi connectivity index (χ1) is 10.1. The minimum atomic E-state index is 0.530. The quantitative estimate of drug-likeness (QED) is 0.560. The SMILES string of the molecule is Cc1cc2c(N)n[nH]c2cc1-c1cc(C)c2ncnn2c1. The van der Waals surface area contributed by atoms with Gasteiger partial charge in [-0.15, -0.1) is 0 Å². The summed E-state index contributed by atoms with van der Waals surface area (Å²) >= 11 is 0. The summed E-state index contributed by atoms with van der Waals surface area (Å²) in [6.07, 6.45) is 3.56. The molecule has 3 heterocycles. The van der Waals surface area contributed by atoms with Crippen LogP contribution in [0.3, 0.4) is 0 Å². The number of nitrogen functional groups attached to an aromatic ring is 1. The average molecular weight is 278 g/mol. The van der Waals surface area contributed by atoms with Gasteiger partial charge in [0.05, 0.1) is 5.52 Å². The number of aromatic amines is 1. The van der Waals surface area contributed by atoms with Gasteiger partial charge in [-0.25, -0.2) is 9.50 Å². The van der Waals surface area contributed by atoms with Crippen LogP contribution in [-0.2, 0) is 0 Å². The van der Waals surface area contributed by atoms with Gasteiger partial charge in [0, 0.05) is 17.1 Å². The first-order valence-electron chi connectivity index (χ1n) is 6.68. The summed E-state index contributed by atoms with van der Waals surface area (Å²) in [5, 5.41) is 12.2. The fourth-order valence-electron chi connectivity index (χ4n) is 2.75. The lowest BCUT2D eigenvalue weighted by atomic mass is 9.99. The van der Waals surface area contributed by atoms with Crippen LogP contribution in [0.5, 0.6) is 0 Å². The Morgan fingerprint density at radius 3 is 2.86 bits per heavy atom. The molecule has 4 aromatic rings. The van der Waals surface area contributed by atoms with Crippen molar-refractivity contribution in [2.75, 3.05) is 5.73 Å². The van der Waals surface area contributed by atoms with Crippen LogP contribution in [-0.4, -0.2) is 24.8 Å². The normalized spacial score (nSPS) is 11.5. The van der Waals surface area contributed by atoms with E-state index in [1.165, 1.54) is 0 Å². The van der Waals surface area contributed by atoms with Crippen LogP contribution >= 0.6 is 0 Å². The Labute approximate surface area is 120 Å². The molecular formula is C15H14N6. The molecule has 1 aromatic carbocycles. The zero-order valence-corrected chi connectivity index (χ0v) is 11.8. The maximum atomic E-state index is 5.85. The van der Waals surface area contributed by atoms with Crippen LogP contribution in [0.1, 0.15) is 11.1 Å². The molecule has 6 nitrogen and oxygen atoms in total. The lowest BCUT2D eigenvalue weighted by Crippen LogP contribution is -1.93. The molecule has 21 heavy (non-hydrogen) atoms. The van der Waals surface area contributed by atoms with Crippen LogP contribution < -0.4 is 5.73 Å². The van der Waals surface area contributed by atoms with Crippen molar-refractivity contribution in [2.45, 2.75) is 13.8 Å². The monoisotopic (exact) mass is 278 g/mol.